The van der Waals surface area contributed by atoms with Gasteiger partial charge in [-0.25, -0.2) is 15.0 Å². The number of pyridine rings is 1. The average Bonchev–Trinajstić information content (AvgIpc) is 2.58. The SMILES string of the molecule is Nc1c(Nc2ncc(C(F)(F)F)cc2Cl)ncnc1N1CCCCC1. The number of hydrogen-bond donors (Lipinski definition) is 2. The van der Waals surface area contributed by atoms with Crippen LogP contribution in [0.4, 0.5) is 36.3 Å². The second-order valence-corrected chi connectivity index (χ2v) is 6.09. The van der Waals surface area contributed by atoms with Crippen LogP contribution in [0, 0.1) is 0 Å². The summed E-state index contributed by atoms with van der Waals surface area (Å²) < 4.78 is 38.1. The molecule has 3 rings (SSSR count). The first kappa shape index (κ1) is 17.5. The molecule has 0 unspecified atom stereocenters. The van der Waals surface area contributed by atoms with Gasteiger partial charge in [-0.2, -0.15) is 13.2 Å². The summed E-state index contributed by atoms with van der Waals surface area (Å²) in [6.45, 7) is 1.69. The van der Waals surface area contributed by atoms with E-state index in [2.05, 4.69) is 25.2 Å². The molecule has 6 nitrogen and oxygen atoms in total. The third-order valence-electron chi connectivity index (χ3n) is 3.92. The number of halogens is 4. The van der Waals surface area contributed by atoms with Crippen molar-refractivity contribution in [2.75, 3.05) is 29.0 Å². The molecular weight excluding hydrogens is 357 g/mol. The number of nitrogen functional groups attached to an aromatic ring is 1. The van der Waals surface area contributed by atoms with Gasteiger partial charge in [0, 0.05) is 19.3 Å². The summed E-state index contributed by atoms with van der Waals surface area (Å²) in [6.07, 6.45) is 0.816. The van der Waals surface area contributed by atoms with Gasteiger partial charge in [0.15, 0.2) is 11.6 Å². The first-order valence-electron chi connectivity index (χ1n) is 7.71. The molecule has 10 heteroatoms. The highest BCUT2D eigenvalue weighted by Crippen LogP contribution is 2.35. The van der Waals surface area contributed by atoms with E-state index in [1.54, 1.807) is 0 Å². The highest BCUT2D eigenvalue weighted by Gasteiger charge is 2.31. The van der Waals surface area contributed by atoms with E-state index in [9.17, 15) is 13.2 Å². The van der Waals surface area contributed by atoms with E-state index in [0.29, 0.717) is 17.7 Å². The van der Waals surface area contributed by atoms with E-state index in [1.807, 2.05) is 0 Å². The zero-order valence-corrected chi connectivity index (χ0v) is 13.9. The van der Waals surface area contributed by atoms with Crippen molar-refractivity contribution in [1.82, 2.24) is 15.0 Å². The summed E-state index contributed by atoms with van der Waals surface area (Å²) in [5.74, 6) is 0.898. The smallest absolute Gasteiger partial charge is 0.393 e. The molecule has 2 aromatic rings. The predicted octanol–water partition coefficient (Wildman–Crippen LogP) is 3.86. The monoisotopic (exact) mass is 372 g/mol. The van der Waals surface area contributed by atoms with Crippen molar-refractivity contribution in [3.8, 4) is 0 Å². The highest BCUT2D eigenvalue weighted by atomic mass is 35.5. The minimum Gasteiger partial charge on any atom is -0.393 e. The van der Waals surface area contributed by atoms with Gasteiger partial charge < -0.3 is 16.0 Å². The van der Waals surface area contributed by atoms with Crippen molar-refractivity contribution in [1.29, 1.82) is 0 Å². The van der Waals surface area contributed by atoms with Crippen LogP contribution < -0.4 is 16.0 Å². The molecule has 0 spiro atoms. The molecule has 0 atom stereocenters. The van der Waals surface area contributed by atoms with Crippen LogP contribution in [0.2, 0.25) is 5.02 Å². The minimum atomic E-state index is -4.51. The molecule has 0 bridgehead atoms. The Hall–Kier alpha value is -2.29. The van der Waals surface area contributed by atoms with Gasteiger partial charge in [0.1, 0.15) is 17.8 Å². The fourth-order valence-electron chi connectivity index (χ4n) is 2.64. The number of rotatable bonds is 3. The maximum absolute atomic E-state index is 12.7. The third kappa shape index (κ3) is 3.87. The zero-order valence-electron chi connectivity index (χ0n) is 13.1. The molecule has 0 aromatic carbocycles. The lowest BCUT2D eigenvalue weighted by molar-refractivity contribution is -0.137. The highest BCUT2D eigenvalue weighted by molar-refractivity contribution is 6.33. The molecule has 0 amide bonds. The van der Waals surface area contributed by atoms with Crippen LogP contribution in [0.25, 0.3) is 0 Å². The number of nitrogens with two attached hydrogens (primary N) is 1. The Bertz CT molecular complexity index is 761. The Morgan fingerprint density at radius 3 is 2.44 bits per heavy atom. The fraction of sp³-hybridized carbons (Fsp3) is 0.400. The van der Waals surface area contributed by atoms with Crippen molar-refractivity contribution >= 4 is 34.7 Å². The van der Waals surface area contributed by atoms with Gasteiger partial charge in [0.25, 0.3) is 0 Å². The largest absolute Gasteiger partial charge is 0.417 e. The minimum absolute atomic E-state index is 0.0460. The molecule has 134 valence electrons. The summed E-state index contributed by atoms with van der Waals surface area (Å²) in [5.41, 5.74) is 5.52. The summed E-state index contributed by atoms with van der Waals surface area (Å²) >= 11 is 5.91. The van der Waals surface area contributed by atoms with Gasteiger partial charge in [-0.3, -0.25) is 0 Å². The molecule has 25 heavy (non-hydrogen) atoms. The third-order valence-corrected chi connectivity index (χ3v) is 4.21. The molecule has 1 aliphatic heterocycles. The number of nitrogens with one attached hydrogen (secondary N) is 1. The lowest BCUT2D eigenvalue weighted by atomic mass is 10.1. The fourth-order valence-corrected chi connectivity index (χ4v) is 2.85. The van der Waals surface area contributed by atoms with Gasteiger partial charge in [-0.15, -0.1) is 0 Å². The second-order valence-electron chi connectivity index (χ2n) is 5.68. The van der Waals surface area contributed by atoms with Crippen LogP contribution in [0.1, 0.15) is 24.8 Å². The molecule has 3 heterocycles. The number of piperidine rings is 1. The molecule has 0 aliphatic carbocycles. The van der Waals surface area contributed by atoms with E-state index in [1.165, 1.54) is 6.33 Å². The van der Waals surface area contributed by atoms with E-state index in [4.69, 9.17) is 17.3 Å². The normalized spacial score (nSPS) is 15.3. The van der Waals surface area contributed by atoms with Crippen LogP contribution in [0.15, 0.2) is 18.6 Å². The molecule has 2 aromatic heterocycles. The van der Waals surface area contributed by atoms with Crippen molar-refractivity contribution in [3.63, 3.8) is 0 Å². The molecule has 1 fully saturated rings. The van der Waals surface area contributed by atoms with Crippen LogP contribution in [-0.4, -0.2) is 28.0 Å². The van der Waals surface area contributed by atoms with Gasteiger partial charge in [0.2, 0.25) is 0 Å². The maximum atomic E-state index is 12.7. The van der Waals surface area contributed by atoms with E-state index < -0.39 is 11.7 Å². The van der Waals surface area contributed by atoms with Crippen LogP contribution in [0.3, 0.4) is 0 Å². The predicted molar refractivity (Wildman–Crippen MR) is 90.0 cm³/mol. The Balaban J connectivity index is 1.86. The molecular formula is C15H16ClF3N6. The number of aromatic nitrogens is 3. The zero-order chi connectivity index (χ0) is 18.0. The Kier molecular flexibility index (Phi) is 4.85. The van der Waals surface area contributed by atoms with Crippen molar-refractivity contribution in [2.24, 2.45) is 0 Å². The first-order valence-corrected chi connectivity index (χ1v) is 8.09. The molecule has 3 N–H and O–H groups in total. The standard InChI is InChI=1S/C15H16ClF3N6/c16-10-6-9(15(17,18)19)7-21-12(10)24-13-11(20)14(23-8-22-13)25-4-2-1-3-5-25/h6-8H,1-5,20H2,(H,21,22,23,24). The Labute approximate surface area is 147 Å². The summed E-state index contributed by atoms with van der Waals surface area (Å²) in [6, 6.07) is 0.805. The second kappa shape index (κ2) is 6.91. The first-order chi connectivity index (χ1) is 11.9. The molecule has 0 saturated carbocycles. The maximum Gasteiger partial charge on any atom is 0.417 e. The molecule has 1 saturated heterocycles. The average molecular weight is 373 g/mol. The molecule has 0 radical (unpaired) electrons. The lowest BCUT2D eigenvalue weighted by Gasteiger charge is -2.28. The molecule has 1 aliphatic rings. The quantitative estimate of drug-likeness (QED) is 0.851. The van der Waals surface area contributed by atoms with Crippen LogP contribution in [-0.2, 0) is 6.18 Å². The Morgan fingerprint density at radius 1 is 1.08 bits per heavy atom. The number of anilines is 4. The summed E-state index contributed by atoms with van der Waals surface area (Å²) in [5, 5.41) is 2.61. The van der Waals surface area contributed by atoms with E-state index in [0.717, 1.165) is 38.4 Å². The topological polar surface area (TPSA) is 80.0 Å². The van der Waals surface area contributed by atoms with Crippen molar-refractivity contribution < 1.29 is 13.2 Å². The van der Waals surface area contributed by atoms with Crippen LogP contribution >= 0.6 is 11.6 Å². The van der Waals surface area contributed by atoms with Gasteiger partial charge in [-0.1, -0.05) is 11.6 Å². The van der Waals surface area contributed by atoms with E-state index >= 15 is 0 Å². The van der Waals surface area contributed by atoms with Crippen LogP contribution in [0.5, 0.6) is 0 Å². The number of nitrogens with zero attached hydrogens (tertiary/aromatic N) is 4. The summed E-state index contributed by atoms with van der Waals surface area (Å²) in [7, 11) is 0. The van der Waals surface area contributed by atoms with Gasteiger partial charge in [-0.05, 0) is 25.3 Å². The Morgan fingerprint density at radius 2 is 1.80 bits per heavy atom. The number of alkyl halides is 3. The van der Waals surface area contributed by atoms with Gasteiger partial charge in [0.05, 0.1) is 10.6 Å². The van der Waals surface area contributed by atoms with Gasteiger partial charge >= 0.3 is 6.18 Å². The number of hydrogen-bond acceptors (Lipinski definition) is 6. The van der Waals surface area contributed by atoms with Crippen molar-refractivity contribution in [3.05, 3.63) is 29.2 Å². The van der Waals surface area contributed by atoms with Crippen molar-refractivity contribution in [2.45, 2.75) is 25.4 Å². The summed E-state index contributed by atoms with van der Waals surface area (Å²) in [4.78, 5) is 14.1. The lowest BCUT2D eigenvalue weighted by Crippen LogP contribution is -2.31. The van der Waals surface area contributed by atoms with E-state index in [-0.39, 0.29) is 16.7 Å².